The predicted octanol–water partition coefficient (Wildman–Crippen LogP) is 14.0. The smallest absolute Gasteiger partial charge is 0.162 e. The van der Waals surface area contributed by atoms with Crippen LogP contribution >= 0.6 is 11.3 Å². The standard InChI is InChI=1S/C54H32N6S/c1-3-15-33(16-4-1)51-55-43-23-11-7-21-39(43)53(57-51)60-45-25-13-9-20-38(45)42-32-35(28-30-47(42)60)52-56-50(49-40-22-10-14-26-48(40)61-54(49)58-52)34-27-29-46-41(31-34)37-19-8-12-24-44(37)59(46)36-17-5-2-6-18-36/h1-32H. The van der Waals surface area contributed by atoms with E-state index in [2.05, 4.69) is 179 Å². The molecule has 13 rings (SSSR count). The summed E-state index contributed by atoms with van der Waals surface area (Å²) in [6.07, 6.45) is 0. The van der Waals surface area contributed by atoms with Crippen molar-refractivity contribution in [1.29, 1.82) is 0 Å². The van der Waals surface area contributed by atoms with E-state index in [0.717, 1.165) is 82.3 Å². The lowest BCUT2D eigenvalue weighted by Crippen LogP contribution is -2.02. The Hall–Kier alpha value is -8.00. The van der Waals surface area contributed by atoms with E-state index < -0.39 is 0 Å². The van der Waals surface area contributed by atoms with Gasteiger partial charge in [-0.15, -0.1) is 11.3 Å². The van der Waals surface area contributed by atoms with Gasteiger partial charge in [-0.25, -0.2) is 19.9 Å². The molecule has 8 aromatic carbocycles. The van der Waals surface area contributed by atoms with Gasteiger partial charge in [0.2, 0.25) is 0 Å². The first-order valence-electron chi connectivity index (χ1n) is 20.4. The fourth-order valence-corrected chi connectivity index (χ4v) is 10.3. The summed E-state index contributed by atoms with van der Waals surface area (Å²) < 4.78 is 5.83. The van der Waals surface area contributed by atoms with E-state index in [1.165, 1.54) is 26.4 Å². The number of benzene rings is 8. The number of aromatic nitrogens is 6. The highest BCUT2D eigenvalue weighted by Gasteiger charge is 2.22. The molecule has 61 heavy (non-hydrogen) atoms. The van der Waals surface area contributed by atoms with Gasteiger partial charge in [0.1, 0.15) is 10.6 Å². The molecule has 7 heteroatoms. The van der Waals surface area contributed by atoms with E-state index in [4.69, 9.17) is 19.9 Å². The number of hydrogen-bond donors (Lipinski definition) is 0. The minimum absolute atomic E-state index is 0.692. The molecule has 5 aromatic heterocycles. The van der Waals surface area contributed by atoms with Crippen LogP contribution in [-0.4, -0.2) is 29.1 Å². The Bertz CT molecular complexity index is 3880. The Labute approximate surface area is 353 Å². The van der Waals surface area contributed by atoms with Crippen molar-refractivity contribution in [3.8, 4) is 45.5 Å². The lowest BCUT2D eigenvalue weighted by atomic mass is 10.0. The van der Waals surface area contributed by atoms with Crippen molar-refractivity contribution >= 4 is 86.2 Å². The third kappa shape index (κ3) is 5.21. The molecule has 0 bridgehead atoms. The Morgan fingerprint density at radius 1 is 0.361 bits per heavy atom. The normalized spacial score (nSPS) is 11.9. The summed E-state index contributed by atoms with van der Waals surface area (Å²) in [6.45, 7) is 0. The minimum Gasteiger partial charge on any atom is -0.309 e. The zero-order valence-corrected chi connectivity index (χ0v) is 33.4. The lowest BCUT2D eigenvalue weighted by molar-refractivity contribution is 1.08. The van der Waals surface area contributed by atoms with Gasteiger partial charge in [-0.05, 0) is 72.8 Å². The highest BCUT2D eigenvalue weighted by molar-refractivity contribution is 7.25. The molecule has 0 unspecified atom stereocenters. The van der Waals surface area contributed by atoms with Gasteiger partial charge in [0, 0.05) is 64.8 Å². The van der Waals surface area contributed by atoms with Crippen LogP contribution < -0.4 is 0 Å². The molecule has 0 radical (unpaired) electrons. The third-order valence-electron chi connectivity index (χ3n) is 12.0. The number of para-hydroxylation sites is 4. The molecule has 0 aliphatic rings. The summed E-state index contributed by atoms with van der Waals surface area (Å²) in [7, 11) is 0. The van der Waals surface area contributed by atoms with Gasteiger partial charge in [-0.3, -0.25) is 4.57 Å². The van der Waals surface area contributed by atoms with E-state index in [0.29, 0.717) is 11.6 Å². The second-order valence-corrected chi connectivity index (χ2v) is 16.5. The van der Waals surface area contributed by atoms with Crippen LogP contribution in [0.25, 0.3) is 120 Å². The molecule has 0 atom stereocenters. The van der Waals surface area contributed by atoms with Gasteiger partial charge in [0.15, 0.2) is 11.6 Å². The first-order valence-corrected chi connectivity index (χ1v) is 21.2. The Kier molecular flexibility index (Phi) is 7.37. The first-order chi connectivity index (χ1) is 30.2. The van der Waals surface area contributed by atoms with Crippen LogP contribution in [0.4, 0.5) is 0 Å². The van der Waals surface area contributed by atoms with Crippen molar-refractivity contribution in [2.45, 2.75) is 0 Å². The summed E-state index contributed by atoms with van der Waals surface area (Å²) in [5.41, 5.74) is 10.4. The first kappa shape index (κ1) is 33.9. The molecule has 6 nitrogen and oxygen atoms in total. The zero-order chi connectivity index (χ0) is 40.0. The third-order valence-corrected chi connectivity index (χ3v) is 13.0. The van der Waals surface area contributed by atoms with Crippen LogP contribution in [-0.2, 0) is 0 Å². The molecule has 0 spiro atoms. The van der Waals surface area contributed by atoms with Crippen molar-refractivity contribution in [2.75, 3.05) is 0 Å². The second-order valence-electron chi connectivity index (χ2n) is 15.4. The van der Waals surface area contributed by atoms with Crippen LogP contribution in [0.2, 0.25) is 0 Å². The van der Waals surface area contributed by atoms with Gasteiger partial charge in [0.05, 0.1) is 33.3 Å². The maximum atomic E-state index is 5.51. The molecule has 0 aliphatic heterocycles. The topological polar surface area (TPSA) is 61.4 Å². The summed E-state index contributed by atoms with van der Waals surface area (Å²) in [5, 5.41) is 7.87. The zero-order valence-electron chi connectivity index (χ0n) is 32.6. The maximum Gasteiger partial charge on any atom is 0.162 e. The molecule has 0 N–H and O–H groups in total. The Morgan fingerprint density at radius 2 is 0.918 bits per heavy atom. The maximum absolute atomic E-state index is 5.51. The van der Waals surface area contributed by atoms with Gasteiger partial charge >= 0.3 is 0 Å². The van der Waals surface area contributed by atoms with Crippen molar-refractivity contribution in [3.63, 3.8) is 0 Å². The molecule has 0 fully saturated rings. The number of hydrogen-bond acceptors (Lipinski definition) is 5. The predicted molar refractivity (Wildman–Crippen MR) is 253 cm³/mol. The van der Waals surface area contributed by atoms with Crippen LogP contribution in [0.5, 0.6) is 0 Å². The van der Waals surface area contributed by atoms with E-state index in [9.17, 15) is 0 Å². The van der Waals surface area contributed by atoms with Crippen molar-refractivity contribution in [2.24, 2.45) is 0 Å². The van der Waals surface area contributed by atoms with Gasteiger partial charge in [0.25, 0.3) is 0 Å². The molecule has 284 valence electrons. The average molecular weight is 797 g/mol. The second kappa shape index (κ2) is 13.3. The summed E-state index contributed by atoms with van der Waals surface area (Å²) in [6, 6.07) is 68.3. The highest BCUT2D eigenvalue weighted by atomic mass is 32.1. The number of nitrogens with zero attached hydrogens (tertiary/aromatic N) is 6. The largest absolute Gasteiger partial charge is 0.309 e. The molecular weight excluding hydrogens is 765 g/mol. The number of rotatable bonds is 5. The van der Waals surface area contributed by atoms with Crippen LogP contribution in [0, 0.1) is 0 Å². The van der Waals surface area contributed by atoms with Crippen molar-refractivity contribution in [1.82, 2.24) is 29.1 Å². The Balaban J connectivity index is 1.04. The van der Waals surface area contributed by atoms with Crippen molar-refractivity contribution in [3.05, 3.63) is 194 Å². The summed E-state index contributed by atoms with van der Waals surface area (Å²) >= 11 is 1.72. The molecule has 5 heterocycles. The number of thiophene rings is 1. The average Bonchev–Trinajstić information content (AvgIpc) is 3.99. The van der Waals surface area contributed by atoms with Gasteiger partial charge in [-0.2, -0.15) is 0 Å². The summed E-state index contributed by atoms with van der Waals surface area (Å²) in [5.74, 6) is 2.23. The van der Waals surface area contributed by atoms with E-state index in [-0.39, 0.29) is 0 Å². The Morgan fingerprint density at radius 3 is 1.69 bits per heavy atom. The van der Waals surface area contributed by atoms with Gasteiger partial charge < -0.3 is 4.57 Å². The van der Waals surface area contributed by atoms with E-state index in [1.54, 1.807) is 11.3 Å². The SMILES string of the molecule is c1ccc(-c2nc(-n3c4ccccc4c4cc(-c5nc(-c6ccc7c(c6)c6ccccc6n7-c6ccccc6)c6c(n5)sc5ccccc56)ccc43)c3ccccc3n2)cc1. The lowest BCUT2D eigenvalue weighted by Gasteiger charge is -2.13. The van der Waals surface area contributed by atoms with E-state index >= 15 is 0 Å². The molecule has 0 amide bonds. The fraction of sp³-hybridized carbons (Fsp3) is 0. The number of fused-ring (bicyclic) bond motifs is 10. The molecule has 0 aliphatic carbocycles. The quantitative estimate of drug-likeness (QED) is 0.174. The van der Waals surface area contributed by atoms with E-state index in [1.807, 2.05) is 24.3 Å². The molecule has 13 aromatic rings. The van der Waals surface area contributed by atoms with Crippen LogP contribution in [0.15, 0.2) is 194 Å². The molecular formula is C54H32N6S. The molecule has 0 saturated carbocycles. The van der Waals surface area contributed by atoms with Crippen LogP contribution in [0.1, 0.15) is 0 Å². The van der Waals surface area contributed by atoms with Gasteiger partial charge in [-0.1, -0.05) is 121 Å². The summed E-state index contributed by atoms with van der Waals surface area (Å²) in [4.78, 5) is 22.1. The fourth-order valence-electron chi connectivity index (χ4n) is 9.22. The van der Waals surface area contributed by atoms with Crippen molar-refractivity contribution < 1.29 is 0 Å². The highest BCUT2D eigenvalue weighted by Crippen LogP contribution is 2.43. The monoisotopic (exact) mass is 796 g/mol. The minimum atomic E-state index is 0.692. The van der Waals surface area contributed by atoms with Crippen LogP contribution in [0.3, 0.4) is 0 Å². The molecule has 0 saturated heterocycles.